The molecule has 2 rings (SSSR count). The van der Waals surface area contributed by atoms with Gasteiger partial charge in [-0.15, -0.1) is 0 Å². The summed E-state index contributed by atoms with van der Waals surface area (Å²) < 4.78 is 0. The normalized spacial score (nSPS) is 12.4. The fourth-order valence-electron chi connectivity index (χ4n) is 2.78. The van der Waals surface area contributed by atoms with Crippen molar-refractivity contribution < 1.29 is 0 Å². The molecule has 3 nitrogen and oxygen atoms in total. The number of nitrogens with one attached hydrogen (secondary N) is 1. The summed E-state index contributed by atoms with van der Waals surface area (Å²) in [6, 6.07) is 11.2. The van der Waals surface area contributed by atoms with Crippen LogP contribution in [0.2, 0.25) is 0 Å². The van der Waals surface area contributed by atoms with Gasteiger partial charge in [-0.05, 0) is 49.6 Å². The van der Waals surface area contributed by atoms with Crippen LogP contribution >= 0.6 is 0 Å². The van der Waals surface area contributed by atoms with Gasteiger partial charge in [0.2, 0.25) is 0 Å². The van der Waals surface area contributed by atoms with Crippen LogP contribution in [0.3, 0.4) is 0 Å². The minimum absolute atomic E-state index is 0.172. The van der Waals surface area contributed by atoms with E-state index < -0.39 is 0 Å². The number of nitrogens with zero attached hydrogens (tertiary/aromatic N) is 2. The number of rotatable bonds is 6. The van der Waals surface area contributed by atoms with Gasteiger partial charge in [0.05, 0.1) is 17.4 Å². The van der Waals surface area contributed by atoms with Crippen LogP contribution in [-0.2, 0) is 12.8 Å². The monoisotopic (exact) mass is 283 g/mol. The summed E-state index contributed by atoms with van der Waals surface area (Å²) in [5, 5.41) is 12.0. The SMILES string of the molecule is CCCc1cccc(C(NC)c2cc(C)nnc2CC)c1. The van der Waals surface area contributed by atoms with Crippen LogP contribution in [0.4, 0.5) is 0 Å². The van der Waals surface area contributed by atoms with Crippen molar-refractivity contribution in [2.75, 3.05) is 7.05 Å². The van der Waals surface area contributed by atoms with Gasteiger partial charge in [0, 0.05) is 0 Å². The van der Waals surface area contributed by atoms with E-state index >= 15 is 0 Å². The molecule has 0 aliphatic rings. The molecule has 0 saturated heterocycles. The van der Waals surface area contributed by atoms with Gasteiger partial charge in [-0.2, -0.15) is 10.2 Å². The summed E-state index contributed by atoms with van der Waals surface area (Å²) in [5.41, 5.74) is 5.96. The van der Waals surface area contributed by atoms with Crippen molar-refractivity contribution in [3.8, 4) is 0 Å². The Morgan fingerprint density at radius 1 is 1.14 bits per heavy atom. The molecule has 1 N–H and O–H groups in total. The second-order valence-electron chi connectivity index (χ2n) is 5.46. The standard InChI is InChI=1S/C18H25N3/c1-5-8-14-9-7-10-15(12-14)18(19-4)16-11-13(3)20-21-17(16)6-2/h7,9-12,18-19H,5-6,8H2,1-4H3. The van der Waals surface area contributed by atoms with Gasteiger partial charge in [-0.3, -0.25) is 0 Å². The molecule has 0 aliphatic carbocycles. The zero-order chi connectivity index (χ0) is 15.2. The summed E-state index contributed by atoms with van der Waals surface area (Å²) >= 11 is 0. The molecule has 1 aromatic heterocycles. The fourth-order valence-corrected chi connectivity index (χ4v) is 2.78. The third kappa shape index (κ3) is 3.67. The molecular formula is C18H25N3. The predicted molar refractivity (Wildman–Crippen MR) is 87.5 cm³/mol. The first kappa shape index (κ1) is 15.6. The van der Waals surface area contributed by atoms with E-state index in [1.165, 1.54) is 23.1 Å². The summed E-state index contributed by atoms with van der Waals surface area (Å²) in [6.45, 7) is 6.34. The van der Waals surface area contributed by atoms with Crippen molar-refractivity contribution in [2.45, 2.75) is 46.1 Å². The highest BCUT2D eigenvalue weighted by atomic mass is 15.1. The highest BCUT2D eigenvalue weighted by Gasteiger charge is 2.17. The molecule has 0 bridgehead atoms. The molecule has 0 spiro atoms. The fraction of sp³-hybridized carbons (Fsp3) is 0.444. The lowest BCUT2D eigenvalue weighted by Crippen LogP contribution is -2.20. The molecule has 1 heterocycles. The lowest BCUT2D eigenvalue weighted by Gasteiger charge is -2.20. The Bertz CT molecular complexity index is 593. The topological polar surface area (TPSA) is 37.8 Å². The summed E-state index contributed by atoms with van der Waals surface area (Å²) in [7, 11) is 2.01. The highest BCUT2D eigenvalue weighted by Crippen LogP contribution is 2.25. The maximum Gasteiger partial charge on any atom is 0.0679 e. The number of benzene rings is 1. The molecule has 0 saturated carbocycles. The van der Waals surface area contributed by atoms with E-state index in [0.717, 1.165) is 24.2 Å². The Hall–Kier alpha value is -1.74. The van der Waals surface area contributed by atoms with E-state index in [4.69, 9.17) is 0 Å². The third-order valence-corrected chi connectivity index (χ3v) is 3.78. The van der Waals surface area contributed by atoms with Crippen LogP contribution in [0.15, 0.2) is 30.3 Å². The first-order chi connectivity index (χ1) is 10.2. The zero-order valence-electron chi connectivity index (χ0n) is 13.5. The van der Waals surface area contributed by atoms with Crippen LogP contribution < -0.4 is 5.32 Å². The van der Waals surface area contributed by atoms with Crippen molar-refractivity contribution in [1.29, 1.82) is 0 Å². The summed E-state index contributed by atoms with van der Waals surface area (Å²) in [4.78, 5) is 0. The molecule has 1 unspecified atom stereocenters. The van der Waals surface area contributed by atoms with Gasteiger partial charge in [0.25, 0.3) is 0 Å². The number of aromatic nitrogens is 2. The number of hydrogen-bond donors (Lipinski definition) is 1. The number of aryl methyl sites for hydroxylation is 3. The van der Waals surface area contributed by atoms with E-state index in [0.29, 0.717) is 0 Å². The van der Waals surface area contributed by atoms with E-state index in [2.05, 4.69) is 59.7 Å². The smallest absolute Gasteiger partial charge is 0.0679 e. The van der Waals surface area contributed by atoms with Crippen LogP contribution in [0.25, 0.3) is 0 Å². The average molecular weight is 283 g/mol. The van der Waals surface area contributed by atoms with Crippen molar-refractivity contribution in [1.82, 2.24) is 15.5 Å². The lowest BCUT2D eigenvalue weighted by molar-refractivity contribution is 0.668. The molecule has 0 amide bonds. The van der Waals surface area contributed by atoms with E-state index in [9.17, 15) is 0 Å². The Balaban J connectivity index is 2.44. The van der Waals surface area contributed by atoms with Crippen molar-refractivity contribution in [2.24, 2.45) is 0 Å². The van der Waals surface area contributed by atoms with Crippen LogP contribution in [0, 0.1) is 6.92 Å². The molecule has 1 atom stereocenters. The number of hydrogen-bond acceptors (Lipinski definition) is 3. The zero-order valence-corrected chi connectivity index (χ0v) is 13.5. The quantitative estimate of drug-likeness (QED) is 0.880. The van der Waals surface area contributed by atoms with Crippen LogP contribution in [-0.4, -0.2) is 17.2 Å². The summed E-state index contributed by atoms with van der Waals surface area (Å²) in [6.07, 6.45) is 3.19. The Labute approximate surface area is 127 Å². The van der Waals surface area contributed by atoms with Crippen LogP contribution in [0.1, 0.15) is 54.4 Å². The van der Waals surface area contributed by atoms with Gasteiger partial charge < -0.3 is 5.32 Å². The van der Waals surface area contributed by atoms with Crippen molar-refractivity contribution >= 4 is 0 Å². The first-order valence-corrected chi connectivity index (χ1v) is 7.78. The minimum atomic E-state index is 0.172. The van der Waals surface area contributed by atoms with E-state index in [1.54, 1.807) is 0 Å². The van der Waals surface area contributed by atoms with Crippen molar-refractivity contribution in [3.05, 3.63) is 58.4 Å². The maximum atomic E-state index is 4.36. The molecular weight excluding hydrogens is 258 g/mol. The van der Waals surface area contributed by atoms with Gasteiger partial charge in [-0.25, -0.2) is 0 Å². The molecule has 112 valence electrons. The van der Waals surface area contributed by atoms with E-state index in [-0.39, 0.29) is 6.04 Å². The molecule has 1 aromatic carbocycles. The molecule has 0 radical (unpaired) electrons. The van der Waals surface area contributed by atoms with Gasteiger partial charge in [-0.1, -0.05) is 44.5 Å². The molecule has 0 fully saturated rings. The Morgan fingerprint density at radius 2 is 1.95 bits per heavy atom. The maximum absolute atomic E-state index is 4.36. The van der Waals surface area contributed by atoms with Gasteiger partial charge >= 0.3 is 0 Å². The lowest BCUT2D eigenvalue weighted by atomic mass is 9.94. The largest absolute Gasteiger partial charge is 0.309 e. The molecule has 3 heteroatoms. The van der Waals surface area contributed by atoms with Gasteiger partial charge in [0.15, 0.2) is 0 Å². The Morgan fingerprint density at radius 3 is 2.62 bits per heavy atom. The van der Waals surface area contributed by atoms with Crippen LogP contribution in [0.5, 0.6) is 0 Å². The predicted octanol–water partition coefficient (Wildman–Crippen LogP) is 3.61. The second-order valence-corrected chi connectivity index (χ2v) is 5.46. The molecule has 0 aliphatic heterocycles. The first-order valence-electron chi connectivity index (χ1n) is 7.78. The third-order valence-electron chi connectivity index (χ3n) is 3.78. The highest BCUT2D eigenvalue weighted by molar-refractivity contribution is 5.36. The molecule has 2 aromatic rings. The average Bonchev–Trinajstić information content (AvgIpc) is 2.49. The second kappa shape index (κ2) is 7.32. The van der Waals surface area contributed by atoms with E-state index in [1.807, 2.05) is 14.0 Å². The minimum Gasteiger partial charge on any atom is -0.309 e. The Kier molecular flexibility index (Phi) is 5.45. The van der Waals surface area contributed by atoms with Gasteiger partial charge in [0.1, 0.15) is 0 Å². The molecule has 21 heavy (non-hydrogen) atoms. The van der Waals surface area contributed by atoms with Crippen molar-refractivity contribution in [3.63, 3.8) is 0 Å². The summed E-state index contributed by atoms with van der Waals surface area (Å²) in [5.74, 6) is 0.